The number of nitrogens with zero attached hydrogens (tertiary/aromatic N) is 1. The summed E-state index contributed by atoms with van der Waals surface area (Å²) < 4.78 is 5.28. The standard InChI is InChI=1S/C22H28N2O3S/c1-24(21(26)19-7-6-14-28-19)15-20(25)23-16-22(12-4-3-5-13-22)17-8-10-18(27-2)11-9-17/h6-11,14H,3-5,12-13,15-16H2,1-2H3,(H,23,25). The van der Waals surface area contributed by atoms with Crippen molar-refractivity contribution in [3.8, 4) is 5.75 Å². The van der Waals surface area contributed by atoms with Crippen molar-refractivity contribution < 1.29 is 14.3 Å². The van der Waals surface area contributed by atoms with E-state index >= 15 is 0 Å². The van der Waals surface area contributed by atoms with Gasteiger partial charge >= 0.3 is 0 Å². The number of nitrogens with one attached hydrogen (secondary N) is 1. The zero-order chi connectivity index (χ0) is 20.0. The summed E-state index contributed by atoms with van der Waals surface area (Å²) in [5.74, 6) is 0.603. The molecule has 2 aromatic rings. The number of hydrogen-bond donors (Lipinski definition) is 1. The molecule has 1 heterocycles. The molecule has 0 radical (unpaired) electrons. The summed E-state index contributed by atoms with van der Waals surface area (Å²) >= 11 is 1.39. The number of carbonyl (C=O) groups excluding carboxylic acids is 2. The van der Waals surface area contributed by atoms with Crippen molar-refractivity contribution >= 4 is 23.2 Å². The van der Waals surface area contributed by atoms with Gasteiger partial charge in [-0.05, 0) is 42.0 Å². The van der Waals surface area contributed by atoms with E-state index in [0.717, 1.165) is 18.6 Å². The van der Waals surface area contributed by atoms with Crippen molar-refractivity contribution in [1.29, 1.82) is 0 Å². The second kappa shape index (κ2) is 9.24. The number of thiophene rings is 1. The molecule has 1 aromatic carbocycles. The van der Waals surface area contributed by atoms with Crippen molar-refractivity contribution in [3.63, 3.8) is 0 Å². The molecule has 6 heteroatoms. The topological polar surface area (TPSA) is 58.6 Å². The molecule has 0 spiro atoms. The molecule has 0 aliphatic heterocycles. The Morgan fingerprint density at radius 1 is 1.14 bits per heavy atom. The van der Waals surface area contributed by atoms with Gasteiger partial charge in [-0.25, -0.2) is 0 Å². The summed E-state index contributed by atoms with van der Waals surface area (Å²) in [7, 11) is 3.33. The number of carbonyl (C=O) groups is 2. The first-order valence-electron chi connectivity index (χ1n) is 9.74. The molecule has 28 heavy (non-hydrogen) atoms. The van der Waals surface area contributed by atoms with Crippen LogP contribution >= 0.6 is 11.3 Å². The molecule has 2 amide bonds. The fourth-order valence-corrected chi connectivity index (χ4v) is 4.66. The van der Waals surface area contributed by atoms with Gasteiger partial charge in [0.05, 0.1) is 18.5 Å². The van der Waals surface area contributed by atoms with E-state index in [-0.39, 0.29) is 23.8 Å². The zero-order valence-electron chi connectivity index (χ0n) is 16.6. The molecule has 1 N–H and O–H groups in total. The van der Waals surface area contributed by atoms with Crippen LogP contribution in [0.1, 0.15) is 47.3 Å². The van der Waals surface area contributed by atoms with Crippen LogP contribution in [0.3, 0.4) is 0 Å². The second-order valence-electron chi connectivity index (χ2n) is 7.48. The molecule has 1 aliphatic rings. The first kappa shape index (κ1) is 20.4. The molecule has 1 saturated carbocycles. The highest BCUT2D eigenvalue weighted by molar-refractivity contribution is 7.12. The van der Waals surface area contributed by atoms with Crippen molar-refractivity contribution in [3.05, 3.63) is 52.2 Å². The number of methoxy groups -OCH3 is 1. The quantitative estimate of drug-likeness (QED) is 0.768. The van der Waals surface area contributed by atoms with Crippen molar-refractivity contribution in [2.24, 2.45) is 0 Å². The molecule has 1 aliphatic carbocycles. The van der Waals surface area contributed by atoms with Crippen LogP contribution in [0.4, 0.5) is 0 Å². The van der Waals surface area contributed by atoms with Crippen LogP contribution in [-0.2, 0) is 10.2 Å². The van der Waals surface area contributed by atoms with Gasteiger partial charge in [0.25, 0.3) is 5.91 Å². The van der Waals surface area contributed by atoms with Crippen molar-refractivity contribution in [2.45, 2.75) is 37.5 Å². The number of benzene rings is 1. The van der Waals surface area contributed by atoms with Crippen LogP contribution in [0.15, 0.2) is 41.8 Å². The normalized spacial score (nSPS) is 15.6. The first-order chi connectivity index (χ1) is 13.5. The Labute approximate surface area is 170 Å². The van der Waals surface area contributed by atoms with Gasteiger partial charge in [0.1, 0.15) is 5.75 Å². The minimum atomic E-state index is -0.120. The zero-order valence-corrected chi connectivity index (χ0v) is 17.4. The molecule has 150 valence electrons. The lowest BCUT2D eigenvalue weighted by atomic mass is 9.69. The fourth-order valence-electron chi connectivity index (χ4n) is 3.94. The largest absolute Gasteiger partial charge is 0.497 e. The van der Waals surface area contributed by atoms with E-state index < -0.39 is 0 Å². The Hall–Kier alpha value is -2.34. The average Bonchev–Trinajstić information content (AvgIpc) is 3.27. The van der Waals surface area contributed by atoms with Crippen LogP contribution in [-0.4, -0.2) is 44.0 Å². The minimum Gasteiger partial charge on any atom is -0.497 e. The summed E-state index contributed by atoms with van der Waals surface area (Å²) in [4.78, 5) is 27.0. The number of likely N-dealkylation sites (N-methyl/N-ethyl adjacent to an activating group) is 1. The number of rotatable bonds is 7. The molecule has 1 aromatic heterocycles. The average molecular weight is 401 g/mol. The van der Waals surface area contributed by atoms with E-state index in [2.05, 4.69) is 17.4 Å². The van der Waals surface area contributed by atoms with Crippen LogP contribution in [0.2, 0.25) is 0 Å². The molecule has 3 rings (SSSR count). The Balaban J connectivity index is 1.63. The summed E-state index contributed by atoms with van der Waals surface area (Å²) in [5, 5.41) is 4.95. The molecule has 1 fully saturated rings. The number of amides is 2. The summed E-state index contributed by atoms with van der Waals surface area (Å²) in [5.41, 5.74) is 1.20. The third kappa shape index (κ3) is 4.73. The molecule has 5 nitrogen and oxygen atoms in total. The van der Waals surface area contributed by atoms with E-state index in [1.165, 1.54) is 41.1 Å². The minimum absolute atomic E-state index is 0.0451. The van der Waals surface area contributed by atoms with Gasteiger partial charge in [-0.2, -0.15) is 0 Å². The van der Waals surface area contributed by atoms with E-state index in [0.29, 0.717) is 11.4 Å². The first-order valence-corrected chi connectivity index (χ1v) is 10.6. The molecule has 0 unspecified atom stereocenters. The van der Waals surface area contributed by atoms with E-state index in [9.17, 15) is 9.59 Å². The Kier molecular flexibility index (Phi) is 6.73. The predicted octanol–water partition coefficient (Wildman–Crippen LogP) is 3.85. The maximum atomic E-state index is 12.5. The van der Waals surface area contributed by atoms with Gasteiger partial charge in [0.15, 0.2) is 0 Å². The highest BCUT2D eigenvalue weighted by Gasteiger charge is 2.34. The van der Waals surface area contributed by atoms with Gasteiger partial charge < -0.3 is 15.0 Å². The van der Waals surface area contributed by atoms with Crippen LogP contribution < -0.4 is 10.1 Å². The highest BCUT2D eigenvalue weighted by atomic mass is 32.1. The maximum Gasteiger partial charge on any atom is 0.264 e. The number of hydrogen-bond acceptors (Lipinski definition) is 4. The summed E-state index contributed by atoms with van der Waals surface area (Å²) in [6, 6.07) is 11.8. The molecule has 0 atom stereocenters. The summed E-state index contributed by atoms with van der Waals surface area (Å²) in [6.07, 6.45) is 5.69. The van der Waals surface area contributed by atoms with E-state index in [1.807, 2.05) is 23.6 Å². The van der Waals surface area contributed by atoms with Crippen LogP contribution in [0, 0.1) is 0 Å². The Morgan fingerprint density at radius 2 is 1.86 bits per heavy atom. The molecule has 0 saturated heterocycles. The van der Waals surface area contributed by atoms with Gasteiger partial charge in [0.2, 0.25) is 5.91 Å². The van der Waals surface area contributed by atoms with Crippen LogP contribution in [0.5, 0.6) is 5.75 Å². The lowest BCUT2D eigenvalue weighted by Crippen LogP contribution is -2.45. The van der Waals surface area contributed by atoms with E-state index in [1.54, 1.807) is 20.2 Å². The smallest absolute Gasteiger partial charge is 0.264 e. The number of ether oxygens (including phenoxy) is 1. The molecular weight excluding hydrogens is 372 g/mol. The lowest BCUT2D eigenvalue weighted by molar-refractivity contribution is -0.121. The van der Waals surface area contributed by atoms with E-state index in [4.69, 9.17) is 4.74 Å². The molecular formula is C22H28N2O3S. The van der Waals surface area contributed by atoms with Gasteiger partial charge in [0, 0.05) is 19.0 Å². The van der Waals surface area contributed by atoms with Gasteiger partial charge in [-0.15, -0.1) is 11.3 Å². The Bertz CT molecular complexity index is 781. The third-order valence-corrected chi connectivity index (χ3v) is 6.45. The molecule has 0 bridgehead atoms. The predicted molar refractivity (Wildman–Crippen MR) is 112 cm³/mol. The SMILES string of the molecule is COc1ccc(C2(CNC(=O)CN(C)C(=O)c3cccs3)CCCCC2)cc1. The van der Waals surface area contributed by atoms with Crippen molar-refractivity contribution in [2.75, 3.05) is 27.2 Å². The highest BCUT2D eigenvalue weighted by Crippen LogP contribution is 2.39. The third-order valence-electron chi connectivity index (χ3n) is 5.60. The van der Waals surface area contributed by atoms with Crippen molar-refractivity contribution in [1.82, 2.24) is 10.2 Å². The monoisotopic (exact) mass is 400 g/mol. The summed E-state index contributed by atoms with van der Waals surface area (Å²) in [6.45, 7) is 0.661. The maximum absolute atomic E-state index is 12.5. The van der Waals surface area contributed by atoms with Crippen LogP contribution in [0.25, 0.3) is 0 Å². The lowest BCUT2D eigenvalue weighted by Gasteiger charge is -2.38. The fraction of sp³-hybridized carbons (Fsp3) is 0.455. The Morgan fingerprint density at radius 3 is 2.46 bits per heavy atom. The van der Waals surface area contributed by atoms with Gasteiger partial charge in [-0.3, -0.25) is 9.59 Å². The second-order valence-corrected chi connectivity index (χ2v) is 8.43. The van der Waals surface area contributed by atoms with Gasteiger partial charge in [-0.1, -0.05) is 37.5 Å².